The van der Waals surface area contributed by atoms with Crippen molar-refractivity contribution in [3.63, 3.8) is 0 Å². The third-order valence-electron chi connectivity index (χ3n) is 2.43. The summed E-state index contributed by atoms with van der Waals surface area (Å²) < 4.78 is 31.7. The number of anilines is 1. The van der Waals surface area contributed by atoms with Gasteiger partial charge in [-0.1, -0.05) is 11.6 Å². The van der Waals surface area contributed by atoms with Crippen molar-refractivity contribution >= 4 is 29.4 Å². The molecule has 0 aliphatic carbocycles. The van der Waals surface area contributed by atoms with E-state index >= 15 is 0 Å². The van der Waals surface area contributed by atoms with E-state index in [2.05, 4.69) is 5.32 Å². The number of carbonyl (C=O) groups excluding carboxylic acids is 1. The Labute approximate surface area is 131 Å². The number of aliphatic carboxylic acids is 1. The van der Waals surface area contributed by atoms with E-state index in [0.29, 0.717) is 0 Å². The smallest absolute Gasteiger partial charge is 0.412 e. The van der Waals surface area contributed by atoms with Gasteiger partial charge in [0.05, 0.1) is 0 Å². The second kappa shape index (κ2) is 6.48. The Morgan fingerprint density at radius 2 is 1.91 bits per heavy atom. The second-order valence-corrected chi connectivity index (χ2v) is 6.05. The SMILES string of the molecule is CC(C)(C)OC(=O)Nc1ccc(Cl)cc1CC(F)(F)C(=O)O. The summed E-state index contributed by atoms with van der Waals surface area (Å²) in [6.45, 7) is 4.94. The fourth-order valence-corrected chi connectivity index (χ4v) is 1.75. The van der Waals surface area contributed by atoms with Gasteiger partial charge in [-0.15, -0.1) is 0 Å². The van der Waals surface area contributed by atoms with Gasteiger partial charge in [0.2, 0.25) is 0 Å². The molecule has 0 aliphatic rings. The minimum Gasteiger partial charge on any atom is -0.477 e. The highest BCUT2D eigenvalue weighted by atomic mass is 35.5. The molecule has 0 heterocycles. The number of halogens is 3. The summed E-state index contributed by atoms with van der Waals surface area (Å²) in [5, 5.41) is 11.0. The molecule has 22 heavy (non-hydrogen) atoms. The summed E-state index contributed by atoms with van der Waals surface area (Å²) in [7, 11) is 0. The van der Waals surface area contributed by atoms with E-state index in [0.717, 1.165) is 0 Å². The highest BCUT2D eigenvalue weighted by Gasteiger charge is 2.39. The highest BCUT2D eigenvalue weighted by molar-refractivity contribution is 6.30. The Bertz CT molecular complexity index is 585. The first-order valence-electron chi connectivity index (χ1n) is 6.30. The zero-order valence-electron chi connectivity index (χ0n) is 12.2. The number of amides is 1. The van der Waals surface area contributed by atoms with E-state index in [1.807, 2.05) is 0 Å². The molecule has 0 fully saturated rings. The number of rotatable bonds is 4. The van der Waals surface area contributed by atoms with Crippen LogP contribution in [0.1, 0.15) is 26.3 Å². The van der Waals surface area contributed by atoms with Crippen LogP contribution in [0.4, 0.5) is 19.3 Å². The zero-order valence-corrected chi connectivity index (χ0v) is 13.0. The van der Waals surface area contributed by atoms with Crippen LogP contribution in [0.3, 0.4) is 0 Å². The van der Waals surface area contributed by atoms with E-state index in [1.54, 1.807) is 20.8 Å². The molecule has 0 saturated carbocycles. The summed E-state index contributed by atoms with van der Waals surface area (Å²) in [5.74, 6) is -6.23. The average Bonchev–Trinajstić information content (AvgIpc) is 2.29. The summed E-state index contributed by atoms with van der Waals surface area (Å²) in [4.78, 5) is 22.2. The monoisotopic (exact) mass is 335 g/mol. The first kappa shape index (κ1) is 18.2. The van der Waals surface area contributed by atoms with Crippen LogP contribution in [0.2, 0.25) is 5.02 Å². The number of hydrogen-bond acceptors (Lipinski definition) is 3. The van der Waals surface area contributed by atoms with Crippen molar-refractivity contribution in [2.45, 2.75) is 38.7 Å². The summed E-state index contributed by atoms with van der Waals surface area (Å²) >= 11 is 5.73. The van der Waals surface area contributed by atoms with Gasteiger partial charge in [0, 0.05) is 17.1 Å². The number of ether oxygens (including phenoxy) is 1. The minimum absolute atomic E-state index is 0.0135. The predicted molar refractivity (Wildman–Crippen MR) is 77.6 cm³/mol. The fraction of sp³-hybridized carbons (Fsp3) is 0.429. The molecule has 0 bridgehead atoms. The Morgan fingerprint density at radius 1 is 1.32 bits per heavy atom. The van der Waals surface area contributed by atoms with Gasteiger partial charge in [-0.25, -0.2) is 9.59 Å². The molecule has 1 rings (SSSR count). The lowest BCUT2D eigenvalue weighted by atomic mass is 10.0. The van der Waals surface area contributed by atoms with Crippen LogP contribution >= 0.6 is 11.6 Å². The van der Waals surface area contributed by atoms with Gasteiger partial charge in [0.15, 0.2) is 0 Å². The normalized spacial score (nSPS) is 11.9. The van der Waals surface area contributed by atoms with E-state index in [-0.39, 0.29) is 16.3 Å². The fourth-order valence-electron chi connectivity index (χ4n) is 1.56. The third kappa shape index (κ3) is 5.48. The summed E-state index contributed by atoms with van der Waals surface area (Å²) in [6.07, 6.45) is -1.94. The molecule has 0 aromatic heterocycles. The molecule has 5 nitrogen and oxygen atoms in total. The number of carbonyl (C=O) groups is 2. The zero-order chi connectivity index (χ0) is 17.1. The number of hydrogen-bond donors (Lipinski definition) is 2. The molecular weight excluding hydrogens is 320 g/mol. The van der Waals surface area contributed by atoms with Crippen molar-refractivity contribution in [3.8, 4) is 0 Å². The van der Waals surface area contributed by atoms with Gasteiger partial charge in [0.1, 0.15) is 5.60 Å². The van der Waals surface area contributed by atoms with Crippen molar-refractivity contribution in [2.75, 3.05) is 5.32 Å². The highest BCUT2D eigenvalue weighted by Crippen LogP contribution is 2.28. The third-order valence-corrected chi connectivity index (χ3v) is 2.66. The van der Waals surface area contributed by atoms with Gasteiger partial charge in [-0.05, 0) is 44.5 Å². The maximum absolute atomic E-state index is 13.4. The molecule has 0 radical (unpaired) electrons. The lowest BCUT2D eigenvalue weighted by molar-refractivity contribution is -0.164. The maximum Gasteiger partial charge on any atom is 0.412 e. The van der Waals surface area contributed by atoms with Crippen LogP contribution in [-0.4, -0.2) is 28.7 Å². The van der Waals surface area contributed by atoms with Gasteiger partial charge in [-0.2, -0.15) is 8.78 Å². The maximum atomic E-state index is 13.4. The molecule has 122 valence electrons. The molecule has 1 aromatic carbocycles. The Hall–Kier alpha value is -1.89. The molecule has 0 aliphatic heterocycles. The van der Waals surface area contributed by atoms with Crippen molar-refractivity contribution in [1.29, 1.82) is 0 Å². The second-order valence-electron chi connectivity index (χ2n) is 5.61. The van der Waals surface area contributed by atoms with Crippen LogP contribution in [0.5, 0.6) is 0 Å². The van der Waals surface area contributed by atoms with Crippen molar-refractivity contribution in [1.82, 2.24) is 0 Å². The Kier molecular flexibility index (Phi) is 5.35. The van der Waals surface area contributed by atoms with E-state index in [4.69, 9.17) is 21.4 Å². The molecule has 0 saturated heterocycles. The van der Waals surface area contributed by atoms with Crippen LogP contribution in [-0.2, 0) is 16.0 Å². The molecular formula is C14H16ClF2NO4. The van der Waals surface area contributed by atoms with Gasteiger partial charge in [0.25, 0.3) is 0 Å². The van der Waals surface area contributed by atoms with Crippen molar-refractivity contribution in [2.24, 2.45) is 0 Å². The number of alkyl halides is 2. The molecule has 1 aromatic rings. The number of carboxylic acid groups (broad SMARTS) is 1. The molecule has 0 spiro atoms. The lowest BCUT2D eigenvalue weighted by Gasteiger charge is -2.21. The van der Waals surface area contributed by atoms with Gasteiger partial charge in [-0.3, -0.25) is 5.32 Å². The first-order chi connectivity index (χ1) is 9.90. The lowest BCUT2D eigenvalue weighted by Crippen LogP contribution is -2.31. The molecule has 2 N–H and O–H groups in total. The summed E-state index contributed by atoms with van der Waals surface area (Å²) in [5.41, 5.74) is -0.855. The predicted octanol–water partition coefficient (Wildman–Crippen LogP) is 3.95. The number of carboxylic acids is 1. The molecule has 0 unspecified atom stereocenters. The Balaban J connectivity index is 3.01. The molecule has 1 amide bonds. The largest absolute Gasteiger partial charge is 0.477 e. The summed E-state index contributed by atoms with van der Waals surface area (Å²) in [6, 6.07) is 3.86. The standard InChI is InChI=1S/C14H16ClF2NO4/c1-13(2,3)22-12(21)18-10-5-4-9(15)6-8(10)7-14(16,17)11(19)20/h4-6H,7H2,1-3H3,(H,18,21)(H,19,20). The van der Waals surface area contributed by atoms with E-state index < -0.39 is 30.0 Å². The molecule has 8 heteroatoms. The topological polar surface area (TPSA) is 75.6 Å². The van der Waals surface area contributed by atoms with Crippen LogP contribution < -0.4 is 5.32 Å². The van der Waals surface area contributed by atoms with Gasteiger partial charge >= 0.3 is 18.0 Å². The average molecular weight is 336 g/mol. The van der Waals surface area contributed by atoms with Crippen LogP contribution in [0.25, 0.3) is 0 Å². The quantitative estimate of drug-likeness (QED) is 0.873. The minimum atomic E-state index is -3.98. The van der Waals surface area contributed by atoms with Crippen LogP contribution in [0, 0.1) is 0 Å². The Morgan fingerprint density at radius 3 is 2.41 bits per heavy atom. The first-order valence-corrected chi connectivity index (χ1v) is 6.68. The van der Waals surface area contributed by atoms with Gasteiger partial charge < -0.3 is 9.84 Å². The van der Waals surface area contributed by atoms with Crippen molar-refractivity contribution < 1.29 is 28.2 Å². The number of benzene rings is 1. The van der Waals surface area contributed by atoms with E-state index in [1.165, 1.54) is 18.2 Å². The van der Waals surface area contributed by atoms with Crippen LogP contribution in [0.15, 0.2) is 18.2 Å². The molecule has 0 atom stereocenters. The number of nitrogens with one attached hydrogen (secondary N) is 1. The van der Waals surface area contributed by atoms with E-state index in [9.17, 15) is 18.4 Å². The van der Waals surface area contributed by atoms with Crippen molar-refractivity contribution in [3.05, 3.63) is 28.8 Å².